The number of fused-ring (bicyclic) bond motifs is 2. The van der Waals surface area contributed by atoms with Crippen molar-refractivity contribution >= 4 is 27.8 Å². The number of carbonyl (C=O) groups is 1. The number of aromatic nitrogens is 2. The van der Waals surface area contributed by atoms with Crippen molar-refractivity contribution in [2.75, 3.05) is 6.54 Å². The summed E-state index contributed by atoms with van der Waals surface area (Å²) >= 11 is 0. The first-order valence-corrected chi connectivity index (χ1v) is 9.29. The van der Waals surface area contributed by atoms with Gasteiger partial charge < -0.3 is 20.0 Å². The summed E-state index contributed by atoms with van der Waals surface area (Å²) in [7, 11) is 0. The molecule has 27 heavy (non-hydrogen) atoms. The molecule has 0 aliphatic heterocycles. The standard InChI is InChI=1S/C22H23N3O2/c1-2-25-20-10-6-4-8-17(20)18(21(25)22(26)27)14-23-12-11-15-13-24-19-9-5-3-7-16(15)19/h3-10,13,23-24H,2,11-12,14H2,1H3,(H,26,27). The number of rotatable bonds is 7. The van der Waals surface area contributed by atoms with Crippen LogP contribution in [0.25, 0.3) is 21.8 Å². The molecular formula is C22H23N3O2. The van der Waals surface area contributed by atoms with Crippen LogP contribution in [0.4, 0.5) is 0 Å². The minimum absolute atomic E-state index is 0.387. The van der Waals surface area contributed by atoms with Gasteiger partial charge in [0, 0.05) is 46.7 Å². The maximum atomic E-state index is 11.9. The van der Waals surface area contributed by atoms with Gasteiger partial charge >= 0.3 is 5.97 Å². The Kier molecular flexibility index (Phi) is 4.69. The molecule has 0 spiro atoms. The first-order chi connectivity index (χ1) is 13.2. The Morgan fingerprint density at radius 1 is 1.11 bits per heavy atom. The van der Waals surface area contributed by atoms with Crippen LogP contribution in [0.1, 0.15) is 28.5 Å². The van der Waals surface area contributed by atoms with Crippen LogP contribution in [0, 0.1) is 0 Å². The van der Waals surface area contributed by atoms with Crippen molar-refractivity contribution in [1.29, 1.82) is 0 Å². The predicted octanol–water partition coefficient (Wildman–Crippen LogP) is 4.17. The van der Waals surface area contributed by atoms with Crippen molar-refractivity contribution in [3.05, 3.63) is 71.5 Å². The third-order valence-electron chi connectivity index (χ3n) is 5.14. The Morgan fingerprint density at radius 3 is 2.63 bits per heavy atom. The molecule has 0 radical (unpaired) electrons. The van der Waals surface area contributed by atoms with Crippen LogP contribution in [0.3, 0.4) is 0 Å². The van der Waals surface area contributed by atoms with Crippen LogP contribution < -0.4 is 5.32 Å². The number of aromatic carboxylic acids is 1. The highest BCUT2D eigenvalue weighted by Crippen LogP contribution is 2.26. The monoisotopic (exact) mass is 361 g/mol. The van der Waals surface area contributed by atoms with E-state index in [0.717, 1.165) is 34.9 Å². The minimum Gasteiger partial charge on any atom is -0.477 e. The number of nitrogens with zero attached hydrogens (tertiary/aromatic N) is 1. The number of benzene rings is 2. The highest BCUT2D eigenvalue weighted by atomic mass is 16.4. The molecule has 2 aromatic heterocycles. The lowest BCUT2D eigenvalue weighted by Gasteiger charge is -2.07. The number of H-pyrrole nitrogens is 1. The number of para-hydroxylation sites is 2. The fraction of sp³-hybridized carbons (Fsp3) is 0.227. The van der Waals surface area contributed by atoms with Gasteiger partial charge in [-0.25, -0.2) is 4.79 Å². The number of nitrogens with one attached hydrogen (secondary N) is 2. The average molecular weight is 361 g/mol. The minimum atomic E-state index is -0.874. The number of aryl methyl sites for hydroxylation is 1. The predicted molar refractivity (Wildman–Crippen MR) is 108 cm³/mol. The lowest BCUT2D eigenvalue weighted by atomic mass is 10.1. The molecule has 138 valence electrons. The topological polar surface area (TPSA) is 70.1 Å². The van der Waals surface area contributed by atoms with Gasteiger partial charge in [0.25, 0.3) is 0 Å². The Labute approximate surface area is 157 Å². The summed E-state index contributed by atoms with van der Waals surface area (Å²) < 4.78 is 1.88. The Hall–Kier alpha value is -3.05. The molecule has 5 heteroatoms. The quantitative estimate of drug-likeness (QED) is 0.433. The largest absolute Gasteiger partial charge is 0.477 e. The maximum absolute atomic E-state index is 11.9. The van der Waals surface area contributed by atoms with E-state index >= 15 is 0 Å². The summed E-state index contributed by atoms with van der Waals surface area (Å²) in [6, 6.07) is 16.2. The van der Waals surface area contributed by atoms with Crippen LogP contribution in [-0.2, 0) is 19.5 Å². The lowest BCUT2D eigenvalue weighted by molar-refractivity contribution is 0.0684. The van der Waals surface area contributed by atoms with Gasteiger partial charge in [-0.1, -0.05) is 36.4 Å². The highest BCUT2D eigenvalue weighted by Gasteiger charge is 2.20. The number of hydrogen-bond donors (Lipinski definition) is 3. The summed E-state index contributed by atoms with van der Waals surface area (Å²) in [4.78, 5) is 15.2. The van der Waals surface area contributed by atoms with E-state index in [2.05, 4.69) is 28.6 Å². The second kappa shape index (κ2) is 7.29. The van der Waals surface area contributed by atoms with Gasteiger partial charge in [0.15, 0.2) is 0 Å². The van der Waals surface area contributed by atoms with E-state index in [1.165, 1.54) is 10.9 Å². The first-order valence-electron chi connectivity index (χ1n) is 9.29. The molecule has 5 nitrogen and oxygen atoms in total. The van der Waals surface area contributed by atoms with E-state index in [1.54, 1.807) is 0 Å². The van der Waals surface area contributed by atoms with Gasteiger partial charge in [-0.15, -0.1) is 0 Å². The fourth-order valence-electron chi connectivity index (χ4n) is 3.90. The normalized spacial score (nSPS) is 11.4. The van der Waals surface area contributed by atoms with E-state index in [9.17, 15) is 9.90 Å². The molecule has 0 aliphatic rings. The maximum Gasteiger partial charge on any atom is 0.352 e. The summed E-state index contributed by atoms with van der Waals surface area (Å²) in [5.41, 5.74) is 4.64. The summed E-state index contributed by atoms with van der Waals surface area (Å²) in [5, 5.41) is 15.4. The van der Waals surface area contributed by atoms with E-state index in [4.69, 9.17) is 0 Å². The number of carboxylic acid groups (broad SMARTS) is 1. The van der Waals surface area contributed by atoms with Crippen molar-refractivity contribution < 1.29 is 9.90 Å². The molecular weight excluding hydrogens is 338 g/mol. The van der Waals surface area contributed by atoms with Gasteiger partial charge in [-0.2, -0.15) is 0 Å². The van der Waals surface area contributed by atoms with E-state index in [1.807, 2.05) is 47.9 Å². The second-order valence-corrected chi connectivity index (χ2v) is 6.68. The van der Waals surface area contributed by atoms with Crippen molar-refractivity contribution in [2.24, 2.45) is 0 Å². The van der Waals surface area contributed by atoms with E-state index in [-0.39, 0.29) is 0 Å². The van der Waals surface area contributed by atoms with Gasteiger partial charge in [-0.3, -0.25) is 0 Å². The number of carboxylic acids is 1. The van der Waals surface area contributed by atoms with Crippen molar-refractivity contribution in [3.63, 3.8) is 0 Å². The van der Waals surface area contributed by atoms with Crippen LogP contribution in [0.5, 0.6) is 0 Å². The molecule has 2 aromatic carbocycles. The summed E-state index contributed by atoms with van der Waals surface area (Å²) in [5.74, 6) is -0.874. The van der Waals surface area contributed by atoms with E-state index in [0.29, 0.717) is 18.8 Å². The van der Waals surface area contributed by atoms with Gasteiger partial charge in [0.2, 0.25) is 0 Å². The molecule has 2 heterocycles. The Balaban J connectivity index is 1.53. The third kappa shape index (κ3) is 3.11. The number of aromatic amines is 1. The molecule has 0 saturated carbocycles. The molecule has 0 atom stereocenters. The lowest BCUT2D eigenvalue weighted by Crippen LogP contribution is -2.19. The van der Waals surface area contributed by atoms with Crippen LogP contribution in [0.15, 0.2) is 54.7 Å². The van der Waals surface area contributed by atoms with Crippen LogP contribution >= 0.6 is 0 Å². The van der Waals surface area contributed by atoms with Crippen LogP contribution in [-0.4, -0.2) is 27.2 Å². The zero-order valence-electron chi connectivity index (χ0n) is 15.3. The highest BCUT2D eigenvalue weighted by molar-refractivity contribution is 5.98. The van der Waals surface area contributed by atoms with Crippen molar-refractivity contribution in [2.45, 2.75) is 26.4 Å². The molecule has 0 fully saturated rings. The smallest absolute Gasteiger partial charge is 0.352 e. The first kappa shape index (κ1) is 17.4. The molecule has 3 N–H and O–H groups in total. The van der Waals surface area contributed by atoms with Gasteiger partial charge in [0.05, 0.1) is 0 Å². The Morgan fingerprint density at radius 2 is 1.85 bits per heavy atom. The zero-order chi connectivity index (χ0) is 18.8. The van der Waals surface area contributed by atoms with E-state index < -0.39 is 5.97 Å². The third-order valence-corrected chi connectivity index (χ3v) is 5.14. The number of hydrogen-bond acceptors (Lipinski definition) is 2. The zero-order valence-corrected chi connectivity index (χ0v) is 15.3. The second-order valence-electron chi connectivity index (χ2n) is 6.68. The molecule has 0 bridgehead atoms. The molecule has 0 aliphatic carbocycles. The molecule has 0 amide bonds. The van der Waals surface area contributed by atoms with Crippen molar-refractivity contribution in [1.82, 2.24) is 14.9 Å². The fourth-order valence-corrected chi connectivity index (χ4v) is 3.90. The summed E-state index contributed by atoms with van der Waals surface area (Å²) in [6.07, 6.45) is 2.94. The molecule has 0 unspecified atom stereocenters. The van der Waals surface area contributed by atoms with Crippen molar-refractivity contribution in [3.8, 4) is 0 Å². The summed E-state index contributed by atoms with van der Waals surface area (Å²) in [6.45, 7) is 3.94. The van der Waals surface area contributed by atoms with Gasteiger partial charge in [-0.05, 0) is 37.6 Å². The molecule has 0 saturated heterocycles. The average Bonchev–Trinajstić information content (AvgIpc) is 3.24. The SMILES string of the molecule is CCn1c(C(=O)O)c(CNCCc2c[nH]c3ccccc23)c2ccccc21. The Bertz CT molecular complexity index is 1110. The van der Waals surface area contributed by atoms with Gasteiger partial charge in [0.1, 0.15) is 5.69 Å². The molecule has 4 rings (SSSR count). The van der Waals surface area contributed by atoms with Crippen LogP contribution in [0.2, 0.25) is 0 Å². The molecule has 4 aromatic rings.